The fourth-order valence-electron chi connectivity index (χ4n) is 1.67. The molecule has 8 heteroatoms. The first kappa shape index (κ1) is 18.3. The predicted octanol–water partition coefficient (Wildman–Crippen LogP) is 2.79. The topological polar surface area (TPSA) is 57.6 Å². The van der Waals surface area contributed by atoms with Crippen LogP contribution >= 0.6 is 11.8 Å². The number of nitrogens with zero attached hydrogens (tertiary/aromatic N) is 1. The summed E-state index contributed by atoms with van der Waals surface area (Å²) in [6.07, 6.45) is -5.43. The lowest BCUT2D eigenvalue weighted by Gasteiger charge is -2.23. The van der Waals surface area contributed by atoms with Crippen LogP contribution < -0.4 is 0 Å². The third-order valence-corrected chi connectivity index (χ3v) is 3.59. The number of benzene rings is 1. The third kappa shape index (κ3) is 7.92. The van der Waals surface area contributed by atoms with Crippen molar-refractivity contribution in [3.05, 3.63) is 35.9 Å². The smallest absolute Gasteiger partial charge is 0.390 e. The first-order valence-electron chi connectivity index (χ1n) is 6.46. The van der Waals surface area contributed by atoms with Crippen LogP contribution in [0.2, 0.25) is 0 Å². The van der Waals surface area contributed by atoms with E-state index in [-0.39, 0.29) is 18.1 Å². The van der Waals surface area contributed by atoms with E-state index in [0.29, 0.717) is 0 Å². The van der Waals surface area contributed by atoms with Gasteiger partial charge in [-0.3, -0.25) is 9.59 Å². The standard InChI is InChI=1S/C14H16F3NO3S/c15-14(16,17)6-7-18(8-11-4-2-1-3-5-11)12(19)9-22-10-13(20)21/h1-5H,6-10H2,(H,20,21). The van der Waals surface area contributed by atoms with Gasteiger partial charge in [0.05, 0.1) is 17.9 Å². The highest BCUT2D eigenvalue weighted by Gasteiger charge is 2.29. The summed E-state index contributed by atoms with van der Waals surface area (Å²) in [5, 5.41) is 8.52. The molecule has 122 valence electrons. The maximum Gasteiger partial charge on any atom is 0.390 e. The Morgan fingerprint density at radius 2 is 1.77 bits per heavy atom. The van der Waals surface area contributed by atoms with Crippen molar-refractivity contribution < 1.29 is 27.9 Å². The molecule has 0 aliphatic rings. The molecule has 0 unspecified atom stereocenters. The van der Waals surface area contributed by atoms with E-state index in [1.165, 1.54) is 0 Å². The molecular formula is C14H16F3NO3S. The lowest BCUT2D eigenvalue weighted by atomic mass is 10.2. The van der Waals surface area contributed by atoms with Gasteiger partial charge in [0, 0.05) is 13.1 Å². The van der Waals surface area contributed by atoms with E-state index < -0.39 is 31.0 Å². The van der Waals surface area contributed by atoms with E-state index >= 15 is 0 Å². The molecule has 0 radical (unpaired) electrons. The van der Waals surface area contributed by atoms with E-state index in [1.54, 1.807) is 30.3 Å². The zero-order chi connectivity index (χ0) is 16.6. The number of carbonyl (C=O) groups is 2. The van der Waals surface area contributed by atoms with Crippen LogP contribution in [-0.4, -0.2) is 46.1 Å². The Balaban J connectivity index is 2.64. The molecule has 0 aliphatic carbocycles. The van der Waals surface area contributed by atoms with Crippen LogP contribution in [0.1, 0.15) is 12.0 Å². The fraction of sp³-hybridized carbons (Fsp3) is 0.429. The molecule has 1 aromatic rings. The van der Waals surface area contributed by atoms with Crippen molar-refractivity contribution in [3.63, 3.8) is 0 Å². The molecule has 1 amide bonds. The summed E-state index contributed by atoms with van der Waals surface area (Å²) in [4.78, 5) is 23.5. The van der Waals surface area contributed by atoms with E-state index in [4.69, 9.17) is 5.11 Å². The van der Waals surface area contributed by atoms with Crippen LogP contribution in [0.3, 0.4) is 0 Å². The van der Waals surface area contributed by atoms with Gasteiger partial charge in [0.15, 0.2) is 0 Å². The highest BCUT2D eigenvalue weighted by Crippen LogP contribution is 2.21. The van der Waals surface area contributed by atoms with Crippen molar-refractivity contribution in [2.24, 2.45) is 0 Å². The van der Waals surface area contributed by atoms with Gasteiger partial charge in [0.2, 0.25) is 5.91 Å². The molecule has 1 aromatic carbocycles. The maximum absolute atomic E-state index is 12.4. The van der Waals surface area contributed by atoms with Gasteiger partial charge in [-0.15, -0.1) is 11.8 Å². The number of alkyl halides is 3. The molecule has 0 saturated heterocycles. The van der Waals surface area contributed by atoms with Gasteiger partial charge in [-0.2, -0.15) is 13.2 Å². The number of amides is 1. The van der Waals surface area contributed by atoms with Gasteiger partial charge in [-0.05, 0) is 5.56 Å². The molecule has 0 atom stereocenters. The number of carboxylic acid groups (broad SMARTS) is 1. The van der Waals surface area contributed by atoms with Crippen LogP contribution in [0, 0.1) is 0 Å². The zero-order valence-electron chi connectivity index (χ0n) is 11.7. The van der Waals surface area contributed by atoms with E-state index in [0.717, 1.165) is 22.2 Å². The summed E-state index contributed by atoms with van der Waals surface area (Å²) in [6, 6.07) is 8.69. The van der Waals surface area contributed by atoms with Crippen molar-refractivity contribution in [1.82, 2.24) is 4.90 Å². The summed E-state index contributed by atoms with van der Waals surface area (Å²) in [5.41, 5.74) is 0.723. The number of carbonyl (C=O) groups excluding carboxylic acids is 1. The van der Waals surface area contributed by atoms with Crippen LogP contribution in [0.25, 0.3) is 0 Å². The van der Waals surface area contributed by atoms with Crippen molar-refractivity contribution in [2.45, 2.75) is 19.1 Å². The van der Waals surface area contributed by atoms with E-state index in [1.807, 2.05) is 0 Å². The van der Waals surface area contributed by atoms with E-state index in [2.05, 4.69) is 0 Å². The molecule has 22 heavy (non-hydrogen) atoms. The lowest BCUT2D eigenvalue weighted by Crippen LogP contribution is -2.35. The highest BCUT2D eigenvalue weighted by atomic mass is 32.2. The second-order valence-corrected chi connectivity index (χ2v) is 5.54. The average molecular weight is 335 g/mol. The Hall–Kier alpha value is -1.70. The number of aliphatic carboxylic acids is 1. The first-order valence-corrected chi connectivity index (χ1v) is 7.61. The molecule has 0 saturated carbocycles. The highest BCUT2D eigenvalue weighted by molar-refractivity contribution is 8.00. The zero-order valence-corrected chi connectivity index (χ0v) is 12.5. The number of rotatable bonds is 8. The lowest BCUT2D eigenvalue weighted by molar-refractivity contribution is -0.144. The molecular weight excluding hydrogens is 319 g/mol. The number of halogens is 3. The van der Waals surface area contributed by atoms with Crippen LogP contribution in [0.15, 0.2) is 30.3 Å². The monoisotopic (exact) mass is 335 g/mol. The third-order valence-electron chi connectivity index (χ3n) is 2.69. The Morgan fingerprint density at radius 3 is 2.32 bits per heavy atom. The fourth-order valence-corrected chi connectivity index (χ4v) is 2.31. The molecule has 0 aromatic heterocycles. The van der Waals surface area contributed by atoms with Gasteiger partial charge < -0.3 is 10.0 Å². The number of hydrogen-bond donors (Lipinski definition) is 1. The quantitative estimate of drug-likeness (QED) is 0.794. The van der Waals surface area contributed by atoms with E-state index in [9.17, 15) is 22.8 Å². The number of carboxylic acids is 1. The van der Waals surface area contributed by atoms with Crippen molar-refractivity contribution in [1.29, 1.82) is 0 Å². The molecule has 1 N–H and O–H groups in total. The summed E-state index contributed by atoms with van der Waals surface area (Å²) >= 11 is 0.870. The molecule has 0 fully saturated rings. The molecule has 0 heterocycles. The SMILES string of the molecule is O=C(O)CSCC(=O)N(CCC(F)(F)F)Cc1ccccc1. The Morgan fingerprint density at radius 1 is 1.14 bits per heavy atom. The molecule has 0 spiro atoms. The summed E-state index contributed by atoms with van der Waals surface area (Å²) < 4.78 is 37.1. The first-order chi connectivity index (χ1) is 10.3. The molecule has 4 nitrogen and oxygen atoms in total. The minimum atomic E-state index is -4.34. The predicted molar refractivity (Wildman–Crippen MR) is 77.5 cm³/mol. The average Bonchev–Trinajstić information content (AvgIpc) is 2.43. The van der Waals surface area contributed by atoms with Gasteiger partial charge in [-0.25, -0.2) is 0 Å². The van der Waals surface area contributed by atoms with Gasteiger partial charge >= 0.3 is 12.1 Å². The summed E-state index contributed by atoms with van der Waals surface area (Å²) in [6.45, 7) is -0.367. The van der Waals surface area contributed by atoms with Crippen molar-refractivity contribution in [2.75, 3.05) is 18.1 Å². The molecule has 1 rings (SSSR count). The summed E-state index contributed by atoms with van der Waals surface area (Å²) in [7, 11) is 0. The number of hydrogen-bond acceptors (Lipinski definition) is 3. The molecule has 0 aliphatic heterocycles. The van der Waals surface area contributed by atoms with Gasteiger partial charge in [-0.1, -0.05) is 30.3 Å². The minimum Gasteiger partial charge on any atom is -0.481 e. The van der Waals surface area contributed by atoms with Crippen LogP contribution in [0.4, 0.5) is 13.2 Å². The van der Waals surface area contributed by atoms with Crippen molar-refractivity contribution >= 4 is 23.6 Å². The van der Waals surface area contributed by atoms with Crippen molar-refractivity contribution in [3.8, 4) is 0 Å². The number of thioether (sulfide) groups is 1. The normalized spacial score (nSPS) is 11.2. The van der Waals surface area contributed by atoms with Gasteiger partial charge in [0.1, 0.15) is 0 Å². The Bertz CT molecular complexity index is 494. The minimum absolute atomic E-state index is 0.0728. The summed E-state index contributed by atoms with van der Waals surface area (Å²) in [5.74, 6) is -1.98. The van der Waals surface area contributed by atoms with Gasteiger partial charge in [0.25, 0.3) is 0 Å². The van der Waals surface area contributed by atoms with Crippen LogP contribution in [-0.2, 0) is 16.1 Å². The maximum atomic E-state index is 12.4. The molecule has 0 bridgehead atoms. The second kappa shape index (κ2) is 8.67. The second-order valence-electron chi connectivity index (χ2n) is 4.55. The van der Waals surface area contributed by atoms with Crippen LogP contribution in [0.5, 0.6) is 0 Å². The Labute approximate surface area is 130 Å². The Kier molecular flexibility index (Phi) is 7.23. The largest absolute Gasteiger partial charge is 0.481 e.